The Kier molecular flexibility index (Phi) is 3.49. The molecular weight excluding hydrogens is 309 g/mol. The topological polar surface area (TPSA) is 20.2 Å². The van der Waals surface area contributed by atoms with Crippen molar-refractivity contribution in [1.82, 2.24) is 0 Å². The van der Waals surface area contributed by atoms with Gasteiger partial charge in [-0.2, -0.15) is 13.2 Å². The molecule has 0 saturated heterocycles. The summed E-state index contributed by atoms with van der Waals surface area (Å²) < 4.78 is 39.0. The van der Waals surface area contributed by atoms with Crippen LogP contribution in [0.2, 0.25) is 0 Å². The lowest BCUT2D eigenvalue weighted by Crippen LogP contribution is -2.34. The van der Waals surface area contributed by atoms with Crippen LogP contribution >= 0.6 is 15.9 Å². The summed E-state index contributed by atoms with van der Waals surface area (Å²) >= 11 is 3.10. The molecule has 0 spiro atoms. The fraction of sp³-hybridized carbons (Fsp3) is 0.538. The Labute approximate surface area is 112 Å². The van der Waals surface area contributed by atoms with Gasteiger partial charge >= 0.3 is 6.18 Å². The fourth-order valence-corrected chi connectivity index (χ4v) is 3.06. The number of hydrogen-bond acceptors (Lipinski definition) is 1. The molecule has 1 fully saturated rings. The summed E-state index contributed by atoms with van der Waals surface area (Å²) in [6.45, 7) is 1.65. The van der Waals surface area contributed by atoms with Gasteiger partial charge in [0.15, 0.2) is 0 Å². The first-order valence-electron chi connectivity index (χ1n) is 5.77. The number of benzene rings is 1. The predicted octanol–water partition coefficient (Wildman–Crippen LogP) is 4.28. The molecule has 1 aromatic rings. The molecule has 2 rings (SSSR count). The molecule has 0 unspecified atom stereocenters. The second-order valence-corrected chi connectivity index (χ2v) is 5.40. The average molecular weight is 323 g/mol. The molecule has 100 valence electrons. The second-order valence-electron chi connectivity index (χ2n) is 4.84. The Morgan fingerprint density at radius 2 is 1.94 bits per heavy atom. The van der Waals surface area contributed by atoms with E-state index in [1.165, 1.54) is 0 Å². The fourth-order valence-electron chi connectivity index (χ4n) is 2.32. The Bertz CT molecular complexity index is 464. The molecule has 1 aromatic carbocycles. The van der Waals surface area contributed by atoms with Gasteiger partial charge in [0.2, 0.25) is 0 Å². The van der Waals surface area contributed by atoms with Gasteiger partial charge in [0, 0.05) is 5.33 Å². The van der Waals surface area contributed by atoms with Crippen LogP contribution in [0, 0.1) is 6.92 Å². The van der Waals surface area contributed by atoms with Gasteiger partial charge in [-0.3, -0.25) is 0 Å². The van der Waals surface area contributed by atoms with E-state index in [2.05, 4.69) is 15.9 Å². The minimum atomic E-state index is -4.38. The molecule has 0 atom stereocenters. The molecule has 1 saturated carbocycles. The number of aliphatic hydroxyl groups is 1. The molecule has 1 aliphatic rings. The number of aryl methyl sites for hydroxylation is 1. The van der Waals surface area contributed by atoms with E-state index >= 15 is 0 Å². The van der Waals surface area contributed by atoms with Crippen molar-refractivity contribution in [2.24, 2.45) is 0 Å². The summed E-state index contributed by atoms with van der Waals surface area (Å²) in [5.41, 5.74) is -0.500. The maximum Gasteiger partial charge on any atom is 0.416 e. The molecular formula is C13H14BrF3O. The van der Waals surface area contributed by atoms with Crippen LogP contribution in [0.5, 0.6) is 0 Å². The SMILES string of the molecule is Cc1cc(C2(O)CCC2)cc(C(F)(F)F)c1CBr. The molecule has 18 heavy (non-hydrogen) atoms. The van der Waals surface area contributed by atoms with E-state index in [0.717, 1.165) is 12.5 Å². The van der Waals surface area contributed by atoms with E-state index < -0.39 is 17.3 Å². The minimum Gasteiger partial charge on any atom is -0.385 e. The highest BCUT2D eigenvalue weighted by Gasteiger charge is 2.40. The first kappa shape index (κ1) is 13.9. The summed E-state index contributed by atoms with van der Waals surface area (Å²) in [4.78, 5) is 0. The van der Waals surface area contributed by atoms with Gasteiger partial charge in [0.1, 0.15) is 0 Å². The maximum atomic E-state index is 13.0. The van der Waals surface area contributed by atoms with Crippen LogP contribution in [0.25, 0.3) is 0 Å². The molecule has 0 aromatic heterocycles. The van der Waals surface area contributed by atoms with Gasteiger partial charge in [0.25, 0.3) is 0 Å². The van der Waals surface area contributed by atoms with Gasteiger partial charge < -0.3 is 5.11 Å². The van der Waals surface area contributed by atoms with Crippen LogP contribution in [-0.2, 0) is 17.1 Å². The number of alkyl halides is 4. The third kappa shape index (κ3) is 2.30. The van der Waals surface area contributed by atoms with Crippen LogP contribution < -0.4 is 0 Å². The van der Waals surface area contributed by atoms with E-state index in [4.69, 9.17) is 0 Å². The monoisotopic (exact) mass is 322 g/mol. The van der Waals surface area contributed by atoms with Crippen LogP contribution in [0.15, 0.2) is 12.1 Å². The smallest absolute Gasteiger partial charge is 0.385 e. The van der Waals surface area contributed by atoms with Crippen molar-refractivity contribution >= 4 is 15.9 Å². The summed E-state index contributed by atoms with van der Waals surface area (Å²) in [5.74, 6) is 0. The van der Waals surface area contributed by atoms with Crippen molar-refractivity contribution in [1.29, 1.82) is 0 Å². The maximum absolute atomic E-state index is 13.0. The lowest BCUT2D eigenvalue weighted by Gasteiger charge is -2.38. The van der Waals surface area contributed by atoms with Gasteiger partial charge in [-0.1, -0.05) is 22.0 Å². The molecule has 0 amide bonds. The highest BCUT2D eigenvalue weighted by atomic mass is 79.9. The summed E-state index contributed by atoms with van der Waals surface area (Å²) in [6, 6.07) is 2.77. The van der Waals surface area contributed by atoms with E-state index in [0.29, 0.717) is 24.0 Å². The lowest BCUT2D eigenvalue weighted by atomic mass is 9.74. The predicted molar refractivity (Wildman–Crippen MR) is 66.6 cm³/mol. The standard InChI is InChI=1S/C13H14BrF3O/c1-8-5-9(12(18)3-2-4-12)6-11(10(8)7-14)13(15,16)17/h5-6,18H,2-4,7H2,1H3. The third-order valence-electron chi connectivity index (χ3n) is 3.63. The first-order chi connectivity index (χ1) is 8.28. The van der Waals surface area contributed by atoms with E-state index in [9.17, 15) is 18.3 Å². The van der Waals surface area contributed by atoms with Crippen LogP contribution in [0.3, 0.4) is 0 Å². The Balaban J connectivity index is 2.56. The molecule has 1 nitrogen and oxygen atoms in total. The zero-order valence-corrected chi connectivity index (χ0v) is 11.5. The highest BCUT2D eigenvalue weighted by Crippen LogP contribution is 2.44. The van der Waals surface area contributed by atoms with Crippen molar-refractivity contribution in [3.05, 3.63) is 34.4 Å². The summed E-state index contributed by atoms with van der Waals surface area (Å²) in [6.07, 6.45) is -2.45. The first-order valence-corrected chi connectivity index (χ1v) is 6.89. The highest BCUT2D eigenvalue weighted by molar-refractivity contribution is 9.08. The van der Waals surface area contributed by atoms with Crippen molar-refractivity contribution in [3.63, 3.8) is 0 Å². The van der Waals surface area contributed by atoms with Gasteiger partial charge in [-0.05, 0) is 48.9 Å². The van der Waals surface area contributed by atoms with Crippen molar-refractivity contribution in [2.45, 2.75) is 43.3 Å². The van der Waals surface area contributed by atoms with Crippen LogP contribution in [0.4, 0.5) is 13.2 Å². The second kappa shape index (κ2) is 4.53. The number of hydrogen-bond donors (Lipinski definition) is 1. The van der Waals surface area contributed by atoms with Crippen LogP contribution in [-0.4, -0.2) is 5.11 Å². The lowest BCUT2D eigenvalue weighted by molar-refractivity contribution is -0.138. The van der Waals surface area contributed by atoms with Crippen molar-refractivity contribution in [3.8, 4) is 0 Å². The van der Waals surface area contributed by atoms with Crippen LogP contribution in [0.1, 0.15) is 41.5 Å². The molecule has 0 radical (unpaired) electrons. The third-order valence-corrected chi connectivity index (χ3v) is 4.19. The summed E-state index contributed by atoms with van der Waals surface area (Å²) in [7, 11) is 0. The zero-order valence-electron chi connectivity index (χ0n) is 9.94. The minimum absolute atomic E-state index is 0.159. The van der Waals surface area contributed by atoms with Gasteiger partial charge in [0.05, 0.1) is 11.2 Å². The Morgan fingerprint density at radius 3 is 2.33 bits per heavy atom. The molecule has 1 aliphatic carbocycles. The van der Waals surface area contributed by atoms with Crippen molar-refractivity contribution in [2.75, 3.05) is 0 Å². The molecule has 0 heterocycles. The van der Waals surface area contributed by atoms with Crippen molar-refractivity contribution < 1.29 is 18.3 Å². The van der Waals surface area contributed by atoms with Gasteiger partial charge in [-0.15, -0.1) is 0 Å². The number of halogens is 4. The molecule has 0 aliphatic heterocycles. The molecule has 5 heteroatoms. The molecule has 1 N–H and O–H groups in total. The van der Waals surface area contributed by atoms with E-state index in [1.54, 1.807) is 13.0 Å². The average Bonchev–Trinajstić information content (AvgIpc) is 2.23. The number of rotatable bonds is 2. The largest absolute Gasteiger partial charge is 0.416 e. The normalized spacial score (nSPS) is 18.6. The summed E-state index contributed by atoms with van der Waals surface area (Å²) in [5, 5.41) is 10.3. The zero-order chi connectivity index (χ0) is 13.6. The molecule has 0 bridgehead atoms. The Morgan fingerprint density at radius 1 is 1.33 bits per heavy atom. The van der Waals surface area contributed by atoms with E-state index in [1.807, 2.05) is 0 Å². The van der Waals surface area contributed by atoms with E-state index in [-0.39, 0.29) is 10.9 Å². The quantitative estimate of drug-likeness (QED) is 0.806. The Hall–Kier alpha value is -0.550. The van der Waals surface area contributed by atoms with Gasteiger partial charge in [-0.25, -0.2) is 0 Å².